The molecule has 0 saturated heterocycles. The largest absolute Gasteiger partial charge is 0.496 e. The Morgan fingerprint density at radius 3 is 2.49 bits per heavy atom. The quantitative estimate of drug-likeness (QED) is 0.509. The predicted molar refractivity (Wildman–Crippen MR) is 141 cm³/mol. The number of ether oxygens (including phenoxy) is 1. The first kappa shape index (κ1) is 26.5. The molecule has 0 radical (unpaired) electrons. The van der Waals surface area contributed by atoms with Crippen molar-refractivity contribution in [2.24, 2.45) is 17.1 Å². The monoisotopic (exact) mass is 477 g/mol. The molecule has 3 unspecified atom stereocenters. The van der Waals surface area contributed by atoms with Crippen LogP contribution in [0, 0.1) is 11.3 Å². The second-order valence-corrected chi connectivity index (χ2v) is 10.6. The van der Waals surface area contributed by atoms with Crippen LogP contribution in [0.25, 0.3) is 6.08 Å². The first-order valence-corrected chi connectivity index (χ1v) is 12.5. The Labute approximate surface area is 209 Å². The molecule has 5 nitrogen and oxygen atoms in total. The van der Waals surface area contributed by atoms with Crippen molar-refractivity contribution in [2.45, 2.75) is 71.1 Å². The zero-order valence-electron chi connectivity index (χ0n) is 21.6. The zero-order valence-corrected chi connectivity index (χ0v) is 21.6. The van der Waals surface area contributed by atoms with Crippen LogP contribution in [-0.4, -0.2) is 24.1 Å². The molecule has 2 aromatic carbocycles. The summed E-state index contributed by atoms with van der Waals surface area (Å²) in [6, 6.07) is 14.2. The summed E-state index contributed by atoms with van der Waals surface area (Å²) in [5, 5.41) is 8.41. The van der Waals surface area contributed by atoms with Gasteiger partial charge in [-0.3, -0.25) is 4.79 Å². The lowest BCUT2D eigenvalue weighted by atomic mass is 9.49. The molecule has 188 valence electrons. The maximum Gasteiger partial charge on any atom is 0.328 e. The molecule has 2 aliphatic carbocycles. The molecule has 0 spiro atoms. The number of aliphatic carboxylic acids is 1. The fraction of sp³-hybridized carbons (Fsp3) is 0.467. The third kappa shape index (κ3) is 5.44. The number of aryl methyl sites for hydroxylation is 1. The van der Waals surface area contributed by atoms with Crippen LogP contribution in [0.3, 0.4) is 0 Å². The summed E-state index contributed by atoms with van der Waals surface area (Å²) in [6.07, 6.45) is 7.97. The second-order valence-electron chi connectivity index (χ2n) is 10.6. The van der Waals surface area contributed by atoms with E-state index in [4.69, 9.17) is 15.6 Å². The minimum atomic E-state index is -0.967. The molecular formula is C30H39NO4. The van der Waals surface area contributed by atoms with Crippen LogP contribution in [0.15, 0.2) is 48.5 Å². The Kier molecular flexibility index (Phi) is 8.09. The third-order valence-corrected chi connectivity index (χ3v) is 8.15. The Balaban J connectivity index is 0.000000225. The Bertz CT molecular complexity index is 1110. The van der Waals surface area contributed by atoms with E-state index < -0.39 is 5.97 Å². The molecule has 2 aromatic rings. The Morgan fingerprint density at radius 2 is 1.86 bits per heavy atom. The molecule has 1 saturated carbocycles. The zero-order chi connectivity index (χ0) is 25.8. The summed E-state index contributed by atoms with van der Waals surface area (Å²) in [6.45, 7) is 8.97. The number of fused-ring (bicyclic) bond motifs is 3. The number of para-hydroxylation sites is 1. The van der Waals surface area contributed by atoms with E-state index in [9.17, 15) is 9.59 Å². The SMILES string of the molecule is CC(C)c1ccc2c(c1)CCC1C(C)(C(N)=O)CCCC21C.COc1ccccc1C=CC(=O)O. The molecule has 5 heteroatoms. The standard InChI is InChI=1S/C20H29NO.C10H10O3/c1-13(2)14-6-8-16-15(12-14)7-9-17-19(16,3)10-5-11-20(17,4)18(21)22;1-13-9-5-3-2-4-8(9)6-7-10(11)12/h6,8,12-13,17H,5,7,9-11H2,1-4H3,(H2,21,22);2-7H,1H3,(H,11,12). The molecule has 0 bridgehead atoms. The van der Waals surface area contributed by atoms with Gasteiger partial charge >= 0.3 is 5.97 Å². The molecule has 35 heavy (non-hydrogen) atoms. The first-order chi connectivity index (χ1) is 16.5. The van der Waals surface area contributed by atoms with Crippen LogP contribution in [0.5, 0.6) is 5.75 Å². The Morgan fingerprint density at radius 1 is 1.14 bits per heavy atom. The van der Waals surface area contributed by atoms with E-state index in [1.807, 2.05) is 12.1 Å². The summed E-state index contributed by atoms with van der Waals surface area (Å²) in [5.41, 5.74) is 10.7. The minimum absolute atomic E-state index is 0.102. The van der Waals surface area contributed by atoms with Gasteiger partial charge in [-0.05, 0) is 71.8 Å². The number of carbonyl (C=O) groups excluding carboxylic acids is 1. The highest BCUT2D eigenvalue weighted by Gasteiger charge is 2.54. The lowest BCUT2D eigenvalue weighted by molar-refractivity contribution is -0.135. The van der Waals surface area contributed by atoms with E-state index in [-0.39, 0.29) is 16.7 Å². The molecule has 0 heterocycles. The number of nitrogens with two attached hydrogens (primary N) is 1. The van der Waals surface area contributed by atoms with Gasteiger partial charge < -0.3 is 15.6 Å². The number of hydrogen-bond donors (Lipinski definition) is 2. The first-order valence-electron chi connectivity index (χ1n) is 12.5. The highest BCUT2D eigenvalue weighted by molar-refractivity contribution is 5.85. The molecule has 4 rings (SSSR count). The van der Waals surface area contributed by atoms with Crippen molar-refractivity contribution in [1.82, 2.24) is 0 Å². The lowest BCUT2D eigenvalue weighted by Crippen LogP contribution is -2.54. The number of carbonyl (C=O) groups is 2. The fourth-order valence-electron chi connectivity index (χ4n) is 6.13. The molecule has 3 atom stereocenters. The predicted octanol–water partition coefficient (Wildman–Crippen LogP) is 6.10. The van der Waals surface area contributed by atoms with E-state index in [2.05, 4.69) is 45.9 Å². The van der Waals surface area contributed by atoms with Gasteiger partial charge in [0, 0.05) is 17.1 Å². The lowest BCUT2D eigenvalue weighted by Gasteiger charge is -2.54. The third-order valence-electron chi connectivity index (χ3n) is 8.15. The van der Waals surface area contributed by atoms with Crippen molar-refractivity contribution >= 4 is 18.0 Å². The number of primary amides is 1. The summed E-state index contributed by atoms with van der Waals surface area (Å²) >= 11 is 0. The maximum absolute atomic E-state index is 12.2. The number of rotatable bonds is 5. The van der Waals surface area contributed by atoms with Gasteiger partial charge in [0.25, 0.3) is 0 Å². The highest BCUT2D eigenvalue weighted by Crippen LogP contribution is 2.57. The number of carboxylic acids is 1. The minimum Gasteiger partial charge on any atom is -0.496 e. The van der Waals surface area contributed by atoms with Gasteiger partial charge in [-0.25, -0.2) is 4.79 Å². The van der Waals surface area contributed by atoms with Gasteiger partial charge in [0.15, 0.2) is 0 Å². The van der Waals surface area contributed by atoms with E-state index in [0.29, 0.717) is 17.6 Å². The van der Waals surface area contributed by atoms with Crippen molar-refractivity contribution in [3.05, 3.63) is 70.8 Å². The van der Waals surface area contributed by atoms with E-state index in [1.54, 1.807) is 19.2 Å². The summed E-state index contributed by atoms with van der Waals surface area (Å²) < 4.78 is 5.03. The topological polar surface area (TPSA) is 89.6 Å². The van der Waals surface area contributed by atoms with Crippen LogP contribution >= 0.6 is 0 Å². The molecule has 0 aromatic heterocycles. The molecule has 3 N–H and O–H groups in total. The van der Waals surface area contributed by atoms with Crippen molar-refractivity contribution in [3.8, 4) is 5.75 Å². The summed E-state index contributed by atoms with van der Waals surface area (Å²) in [5.74, 6) is 0.540. The van der Waals surface area contributed by atoms with Gasteiger partial charge in [-0.1, -0.05) is 70.5 Å². The number of amides is 1. The van der Waals surface area contributed by atoms with Gasteiger partial charge in [0.05, 0.1) is 7.11 Å². The van der Waals surface area contributed by atoms with Crippen LogP contribution in [-0.2, 0) is 21.4 Å². The smallest absolute Gasteiger partial charge is 0.328 e. The maximum atomic E-state index is 12.2. The molecule has 1 amide bonds. The fourth-order valence-corrected chi connectivity index (χ4v) is 6.13. The molecule has 1 fully saturated rings. The van der Waals surface area contributed by atoms with Crippen LogP contribution in [0.2, 0.25) is 0 Å². The van der Waals surface area contributed by atoms with E-state index >= 15 is 0 Å². The van der Waals surface area contributed by atoms with Crippen LogP contribution < -0.4 is 10.5 Å². The normalized spacial score (nSPS) is 25.3. The highest BCUT2D eigenvalue weighted by atomic mass is 16.5. The van der Waals surface area contributed by atoms with Crippen molar-refractivity contribution < 1.29 is 19.4 Å². The molecular weight excluding hydrogens is 438 g/mol. The van der Waals surface area contributed by atoms with Gasteiger partial charge in [0.2, 0.25) is 5.91 Å². The number of carboxylic acid groups (broad SMARTS) is 1. The number of methoxy groups -OCH3 is 1. The van der Waals surface area contributed by atoms with Gasteiger partial charge in [0.1, 0.15) is 5.75 Å². The van der Waals surface area contributed by atoms with Crippen LogP contribution in [0.4, 0.5) is 0 Å². The van der Waals surface area contributed by atoms with Crippen LogP contribution in [0.1, 0.15) is 81.5 Å². The second kappa shape index (κ2) is 10.7. The van der Waals surface area contributed by atoms with Crippen molar-refractivity contribution in [2.75, 3.05) is 7.11 Å². The Hall–Kier alpha value is -3.08. The van der Waals surface area contributed by atoms with Gasteiger partial charge in [-0.2, -0.15) is 0 Å². The molecule has 0 aliphatic heterocycles. The number of hydrogen-bond acceptors (Lipinski definition) is 3. The van der Waals surface area contributed by atoms with Crippen molar-refractivity contribution in [1.29, 1.82) is 0 Å². The van der Waals surface area contributed by atoms with Gasteiger partial charge in [-0.15, -0.1) is 0 Å². The summed E-state index contributed by atoms with van der Waals surface area (Å²) in [7, 11) is 1.55. The van der Waals surface area contributed by atoms with Crippen molar-refractivity contribution in [3.63, 3.8) is 0 Å². The van der Waals surface area contributed by atoms with E-state index in [1.165, 1.54) is 29.2 Å². The van der Waals surface area contributed by atoms with E-state index in [0.717, 1.165) is 37.3 Å². The summed E-state index contributed by atoms with van der Waals surface area (Å²) in [4.78, 5) is 22.4. The molecule has 2 aliphatic rings. The number of benzene rings is 2. The average Bonchev–Trinajstić information content (AvgIpc) is 2.82. The average molecular weight is 478 g/mol.